The van der Waals surface area contributed by atoms with E-state index in [-0.39, 0.29) is 30.3 Å². The molecule has 0 fully saturated rings. The van der Waals surface area contributed by atoms with Gasteiger partial charge in [-0.05, 0) is 12.1 Å². The molecule has 0 bridgehead atoms. The average Bonchev–Trinajstić information content (AvgIpc) is 2.73. The fraction of sp³-hybridized carbons (Fsp3) is 0.0870. The minimum absolute atomic E-state index is 0.0706. The maximum atomic E-state index is 12.5. The number of hydrogen-bond acceptors (Lipinski definition) is 3. The van der Waals surface area contributed by atoms with E-state index in [1.807, 2.05) is 24.3 Å². The molecule has 0 atom stereocenters. The van der Waals surface area contributed by atoms with Crippen molar-refractivity contribution in [2.24, 2.45) is 0 Å². The summed E-state index contributed by atoms with van der Waals surface area (Å²) in [5, 5.41) is 2.75. The number of carbonyl (C=O) groups excluding carboxylic acids is 3. The van der Waals surface area contributed by atoms with Gasteiger partial charge in [0.2, 0.25) is 5.91 Å². The molecule has 1 amide bonds. The monoisotopic (exact) mass is 357 g/mol. The molecule has 0 saturated carbocycles. The molecule has 1 N–H and O–H groups in total. The first-order valence-electron chi connectivity index (χ1n) is 8.71. The second kappa shape index (κ2) is 8.72. The van der Waals surface area contributed by atoms with E-state index in [4.69, 9.17) is 0 Å². The molecule has 3 rings (SSSR count). The predicted molar refractivity (Wildman–Crippen MR) is 105 cm³/mol. The van der Waals surface area contributed by atoms with Crippen molar-refractivity contribution < 1.29 is 14.4 Å². The van der Waals surface area contributed by atoms with Gasteiger partial charge in [-0.3, -0.25) is 14.4 Å². The van der Waals surface area contributed by atoms with E-state index in [0.29, 0.717) is 22.4 Å². The summed E-state index contributed by atoms with van der Waals surface area (Å²) in [5.74, 6) is -0.437. The normalized spacial score (nSPS) is 10.2. The Morgan fingerprint density at radius 3 is 1.89 bits per heavy atom. The zero-order chi connectivity index (χ0) is 19.1. The van der Waals surface area contributed by atoms with Crippen LogP contribution in [0.15, 0.2) is 84.9 Å². The summed E-state index contributed by atoms with van der Waals surface area (Å²) in [5.41, 5.74) is 2.23. The second-order valence-electron chi connectivity index (χ2n) is 6.11. The van der Waals surface area contributed by atoms with Crippen LogP contribution in [-0.2, 0) is 4.79 Å². The minimum atomic E-state index is -0.261. The van der Waals surface area contributed by atoms with Crippen molar-refractivity contribution in [3.63, 3.8) is 0 Å². The van der Waals surface area contributed by atoms with Crippen LogP contribution in [-0.4, -0.2) is 17.5 Å². The molecule has 0 aliphatic carbocycles. The molecule has 0 aliphatic heterocycles. The van der Waals surface area contributed by atoms with Crippen LogP contribution in [0.25, 0.3) is 0 Å². The number of anilines is 1. The summed E-state index contributed by atoms with van der Waals surface area (Å²) in [6, 6.07) is 24.7. The summed E-state index contributed by atoms with van der Waals surface area (Å²) < 4.78 is 0. The van der Waals surface area contributed by atoms with E-state index in [9.17, 15) is 14.4 Å². The van der Waals surface area contributed by atoms with Gasteiger partial charge < -0.3 is 5.32 Å². The number of carbonyl (C=O) groups is 3. The van der Waals surface area contributed by atoms with Gasteiger partial charge >= 0.3 is 0 Å². The van der Waals surface area contributed by atoms with Gasteiger partial charge in [-0.25, -0.2) is 0 Å². The summed E-state index contributed by atoms with van der Waals surface area (Å²) in [6.45, 7) is 0. The topological polar surface area (TPSA) is 63.2 Å². The van der Waals surface area contributed by atoms with Gasteiger partial charge in [-0.15, -0.1) is 0 Å². The number of nitrogens with one attached hydrogen (secondary N) is 1. The molecule has 4 heteroatoms. The first kappa shape index (κ1) is 18.3. The Bertz CT molecular complexity index is 950. The lowest BCUT2D eigenvalue weighted by Crippen LogP contribution is -2.14. The summed E-state index contributed by atoms with van der Waals surface area (Å²) in [4.78, 5) is 36.7. The molecule has 3 aromatic rings. The fourth-order valence-corrected chi connectivity index (χ4v) is 2.71. The third-order valence-corrected chi connectivity index (χ3v) is 4.12. The Kier molecular flexibility index (Phi) is 5.90. The van der Waals surface area contributed by atoms with Gasteiger partial charge in [-0.2, -0.15) is 0 Å². The highest BCUT2D eigenvalue weighted by Gasteiger charge is 2.12. The highest BCUT2D eigenvalue weighted by atomic mass is 16.2. The summed E-state index contributed by atoms with van der Waals surface area (Å²) >= 11 is 0. The standard InChI is InChI=1S/C23H19NO3/c25-21(17-8-3-1-4-9-17)14-15-22(26)24-20-13-7-12-19(16-20)23(27)18-10-5-2-6-11-18/h1-13,16H,14-15H2,(H,24,26). The predicted octanol–water partition coefficient (Wildman–Crippen LogP) is 4.52. The van der Waals surface area contributed by atoms with Crippen LogP contribution in [0.2, 0.25) is 0 Å². The molecular formula is C23H19NO3. The van der Waals surface area contributed by atoms with Gasteiger partial charge in [0, 0.05) is 35.2 Å². The van der Waals surface area contributed by atoms with E-state index in [0.717, 1.165) is 0 Å². The van der Waals surface area contributed by atoms with Crippen LogP contribution in [0.3, 0.4) is 0 Å². The highest BCUT2D eigenvalue weighted by molar-refractivity contribution is 6.09. The van der Waals surface area contributed by atoms with Crippen molar-refractivity contribution in [1.82, 2.24) is 0 Å². The van der Waals surface area contributed by atoms with E-state index in [1.165, 1.54) is 0 Å². The van der Waals surface area contributed by atoms with E-state index in [2.05, 4.69) is 5.32 Å². The zero-order valence-electron chi connectivity index (χ0n) is 14.7. The molecule has 134 valence electrons. The molecule has 0 spiro atoms. The largest absolute Gasteiger partial charge is 0.326 e. The van der Waals surface area contributed by atoms with Crippen LogP contribution in [0.5, 0.6) is 0 Å². The molecule has 0 unspecified atom stereocenters. The quantitative estimate of drug-likeness (QED) is 0.632. The lowest BCUT2D eigenvalue weighted by molar-refractivity contribution is -0.116. The number of Topliss-reactive ketones (excluding diaryl/α,β-unsaturated/α-hetero) is 1. The Labute approximate surface area is 157 Å². The zero-order valence-corrected chi connectivity index (χ0v) is 14.7. The third kappa shape index (κ3) is 4.98. The van der Waals surface area contributed by atoms with E-state index < -0.39 is 0 Å². The maximum absolute atomic E-state index is 12.5. The van der Waals surface area contributed by atoms with Crippen molar-refractivity contribution in [2.75, 3.05) is 5.32 Å². The van der Waals surface area contributed by atoms with E-state index in [1.54, 1.807) is 60.7 Å². The Morgan fingerprint density at radius 1 is 0.630 bits per heavy atom. The van der Waals surface area contributed by atoms with Crippen LogP contribution < -0.4 is 5.32 Å². The molecule has 0 aromatic heterocycles. The smallest absolute Gasteiger partial charge is 0.224 e. The SMILES string of the molecule is O=C(CCC(=O)c1ccccc1)Nc1cccc(C(=O)c2ccccc2)c1. The highest BCUT2D eigenvalue weighted by Crippen LogP contribution is 2.16. The molecule has 4 nitrogen and oxygen atoms in total. The molecule has 3 aromatic carbocycles. The lowest BCUT2D eigenvalue weighted by Gasteiger charge is -2.07. The average molecular weight is 357 g/mol. The molecular weight excluding hydrogens is 338 g/mol. The number of ketones is 2. The van der Waals surface area contributed by atoms with Crippen LogP contribution in [0.1, 0.15) is 39.1 Å². The maximum Gasteiger partial charge on any atom is 0.224 e. The van der Waals surface area contributed by atoms with Crippen molar-refractivity contribution >= 4 is 23.2 Å². The van der Waals surface area contributed by atoms with Crippen molar-refractivity contribution in [3.05, 3.63) is 102 Å². The summed E-state index contributed by atoms with van der Waals surface area (Å²) in [7, 11) is 0. The Morgan fingerprint density at radius 2 is 1.22 bits per heavy atom. The minimum Gasteiger partial charge on any atom is -0.326 e. The van der Waals surface area contributed by atoms with Crippen LogP contribution in [0.4, 0.5) is 5.69 Å². The van der Waals surface area contributed by atoms with Gasteiger partial charge in [0.1, 0.15) is 0 Å². The van der Waals surface area contributed by atoms with Crippen LogP contribution in [0, 0.1) is 0 Å². The molecule has 0 heterocycles. The number of amides is 1. The van der Waals surface area contributed by atoms with Crippen molar-refractivity contribution in [2.45, 2.75) is 12.8 Å². The van der Waals surface area contributed by atoms with Crippen LogP contribution >= 0.6 is 0 Å². The van der Waals surface area contributed by atoms with Crippen molar-refractivity contribution in [3.8, 4) is 0 Å². The third-order valence-electron chi connectivity index (χ3n) is 4.12. The van der Waals surface area contributed by atoms with E-state index >= 15 is 0 Å². The number of hydrogen-bond donors (Lipinski definition) is 1. The molecule has 27 heavy (non-hydrogen) atoms. The Balaban J connectivity index is 1.60. The summed E-state index contributed by atoms with van der Waals surface area (Å²) in [6.07, 6.45) is 0.225. The number of rotatable bonds is 7. The lowest BCUT2D eigenvalue weighted by atomic mass is 10.0. The van der Waals surface area contributed by atoms with Gasteiger partial charge in [0.15, 0.2) is 11.6 Å². The second-order valence-corrected chi connectivity index (χ2v) is 6.11. The fourth-order valence-electron chi connectivity index (χ4n) is 2.71. The van der Waals surface area contributed by atoms with Gasteiger partial charge in [-0.1, -0.05) is 72.8 Å². The Hall–Kier alpha value is -3.53. The molecule has 0 radical (unpaired) electrons. The molecule has 0 aliphatic rings. The first-order valence-corrected chi connectivity index (χ1v) is 8.71. The van der Waals surface area contributed by atoms with Crippen molar-refractivity contribution in [1.29, 1.82) is 0 Å². The first-order chi connectivity index (χ1) is 13.1. The molecule has 0 saturated heterocycles. The number of benzene rings is 3. The van der Waals surface area contributed by atoms with Gasteiger partial charge in [0.05, 0.1) is 0 Å². The van der Waals surface area contributed by atoms with Gasteiger partial charge in [0.25, 0.3) is 0 Å².